The molecule has 1 aromatic rings. The Morgan fingerprint density at radius 3 is 2.00 bits per heavy atom. The first-order valence-corrected chi connectivity index (χ1v) is 7.76. The third-order valence-electron chi connectivity index (χ3n) is 3.25. The lowest BCUT2D eigenvalue weighted by molar-refractivity contribution is -0.143. The van der Waals surface area contributed by atoms with Crippen LogP contribution in [0.25, 0.3) is 0 Å². The van der Waals surface area contributed by atoms with Crippen molar-refractivity contribution in [1.29, 1.82) is 0 Å². The largest absolute Gasteiger partial charge is 0.480 e. The fraction of sp³-hybridized carbons (Fsp3) is 0.312. The summed E-state index contributed by atoms with van der Waals surface area (Å²) in [5.74, 6) is -4.41. The number of ether oxygens (including phenoxy) is 1. The van der Waals surface area contributed by atoms with Gasteiger partial charge in [0.25, 0.3) is 0 Å². The summed E-state index contributed by atoms with van der Waals surface area (Å²) < 4.78 is 4.93. The van der Waals surface area contributed by atoms with Gasteiger partial charge in [-0.05, 0) is 5.56 Å². The van der Waals surface area contributed by atoms with Gasteiger partial charge in [-0.15, -0.1) is 0 Å². The Morgan fingerprint density at radius 1 is 0.926 bits per heavy atom. The third kappa shape index (κ3) is 8.34. The van der Waals surface area contributed by atoms with Crippen molar-refractivity contribution in [3.8, 4) is 0 Å². The molecule has 1 rings (SSSR count). The van der Waals surface area contributed by atoms with Gasteiger partial charge < -0.3 is 31.9 Å². The molecule has 0 heterocycles. The average molecular weight is 380 g/mol. The maximum Gasteiger partial charge on any atom is 0.408 e. The van der Waals surface area contributed by atoms with Crippen molar-refractivity contribution in [2.75, 3.05) is 0 Å². The lowest BCUT2D eigenvalue weighted by atomic mass is 10.1. The molecule has 0 fully saturated rings. The number of carbonyl (C=O) groups is 5. The van der Waals surface area contributed by atoms with Crippen LogP contribution in [0.5, 0.6) is 0 Å². The molecule has 0 spiro atoms. The summed E-state index contributed by atoms with van der Waals surface area (Å²) in [5.41, 5.74) is 10.7. The Balaban J connectivity index is 2.71. The number of rotatable bonds is 10. The quantitative estimate of drug-likeness (QED) is 0.329. The summed E-state index contributed by atoms with van der Waals surface area (Å²) >= 11 is 0. The molecule has 0 radical (unpaired) electrons. The van der Waals surface area contributed by atoms with Gasteiger partial charge in [0.05, 0.1) is 12.8 Å². The molecule has 146 valence electrons. The molecule has 11 heteroatoms. The summed E-state index contributed by atoms with van der Waals surface area (Å²) in [6.45, 7) is -0.0863. The van der Waals surface area contributed by atoms with E-state index in [9.17, 15) is 24.0 Å². The van der Waals surface area contributed by atoms with Crippen molar-refractivity contribution in [3.63, 3.8) is 0 Å². The van der Waals surface area contributed by atoms with Crippen molar-refractivity contribution in [1.82, 2.24) is 10.6 Å². The maximum atomic E-state index is 12.2. The zero-order valence-corrected chi connectivity index (χ0v) is 14.2. The van der Waals surface area contributed by atoms with E-state index in [0.717, 1.165) is 0 Å². The van der Waals surface area contributed by atoms with E-state index in [1.807, 2.05) is 5.32 Å². The average Bonchev–Trinajstić information content (AvgIpc) is 2.58. The van der Waals surface area contributed by atoms with Crippen LogP contribution in [0.2, 0.25) is 0 Å². The first kappa shape index (κ1) is 21.4. The molecule has 4 amide bonds. The lowest BCUT2D eigenvalue weighted by Gasteiger charge is -2.20. The molecular weight excluding hydrogens is 360 g/mol. The second-order valence-electron chi connectivity index (χ2n) is 5.50. The van der Waals surface area contributed by atoms with Crippen LogP contribution >= 0.6 is 0 Å². The van der Waals surface area contributed by atoms with Crippen LogP contribution < -0.4 is 22.1 Å². The predicted octanol–water partition coefficient (Wildman–Crippen LogP) is -1.40. The molecule has 27 heavy (non-hydrogen) atoms. The van der Waals surface area contributed by atoms with Crippen LogP contribution in [-0.2, 0) is 30.5 Å². The third-order valence-corrected chi connectivity index (χ3v) is 3.25. The molecule has 0 saturated carbocycles. The van der Waals surface area contributed by atoms with Crippen LogP contribution in [0, 0.1) is 0 Å². The van der Waals surface area contributed by atoms with Crippen LogP contribution in [-0.4, -0.2) is 47.0 Å². The minimum atomic E-state index is -1.62. The number of hydrogen-bond donors (Lipinski definition) is 5. The number of nitrogens with one attached hydrogen (secondary N) is 2. The van der Waals surface area contributed by atoms with Crippen LogP contribution in [0.4, 0.5) is 4.79 Å². The fourth-order valence-corrected chi connectivity index (χ4v) is 1.99. The van der Waals surface area contributed by atoms with Gasteiger partial charge in [-0.2, -0.15) is 0 Å². The summed E-state index contributed by atoms with van der Waals surface area (Å²) in [7, 11) is 0. The first-order chi connectivity index (χ1) is 12.7. The minimum Gasteiger partial charge on any atom is -0.480 e. The summed E-state index contributed by atoms with van der Waals surface area (Å²) in [4.78, 5) is 57.1. The number of amides is 4. The molecule has 0 aliphatic carbocycles. The molecule has 1 aromatic carbocycles. The molecule has 7 N–H and O–H groups in total. The highest BCUT2D eigenvalue weighted by Crippen LogP contribution is 2.02. The predicted molar refractivity (Wildman–Crippen MR) is 90.7 cm³/mol. The van der Waals surface area contributed by atoms with Crippen LogP contribution in [0.3, 0.4) is 0 Å². The summed E-state index contributed by atoms with van der Waals surface area (Å²) in [6, 6.07) is 5.58. The van der Waals surface area contributed by atoms with Gasteiger partial charge in [-0.3, -0.25) is 14.4 Å². The zero-order chi connectivity index (χ0) is 20.4. The topological polar surface area (TPSA) is 191 Å². The fourth-order valence-electron chi connectivity index (χ4n) is 1.99. The van der Waals surface area contributed by atoms with Gasteiger partial charge >= 0.3 is 12.1 Å². The Labute approximate surface area is 154 Å². The van der Waals surface area contributed by atoms with E-state index >= 15 is 0 Å². The standard InChI is InChI=1S/C16H20N4O7/c17-12(21)6-10(14(23)19-11(15(24)25)7-13(18)22)20-16(26)27-8-9-4-2-1-3-5-9/h1-5,10-11H,6-8H2,(H2,17,21)(H2,18,22)(H,19,23)(H,20,26)(H,24,25)/t10-,11+/m1/s1. The van der Waals surface area contributed by atoms with Crippen LogP contribution in [0.1, 0.15) is 18.4 Å². The van der Waals surface area contributed by atoms with E-state index in [1.165, 1.54) is 0 Å². The first-order valence-electron chi connectivity index (χ1n) is 7.76. The van der Waals surface area contributed by atoms with Crippen molar-refractivity contribution >= 4 is 29.8 Å². The van der Waals surface area contributed by atoms with Gasteiger partial charge in [0.1, 0.15) is 18.7 Å². The van der Waals surface area contributed by atoms with E-state index in [2.05, 4.69) is 5.32 Å². The molecular formula is C16H20N4O7. The Bertz CT molecular complexity index is 708. The zero-order valence-electron chi connectivity index (χ0n) is 14.2. The van der Waals surface area contributed by atoms with Gasteiger partial charge in [-0.25, -0.2) is 9.59 Å². The van der Waals surface area contributed by atoms with Gasteiger partial charge in [0.2, 0.25) is 17.7 Å². The number of hydrogen-bond acceptors (Lipinski definition) is 6. The minimum absolute atomic E-state index is 0.0863. The molecule has 11 nitrogen and oxygen atoms in total. The van der Waals surface area contributed by atoms with Gasteiger partial charge in [0.15, 0.2) is 0 Å². The van der Waals surface area contributed by atoms with Crippen LogP contribution in [0.15, 0.2) is 30.3 Å². The molecule has 0 bridgehead atoms. The number of carboxylic acids is 1. The number of carbonyl (C=O) groups excluding carboxylic acids is 4. The lowest BCUT2D eigenvalue weighted by Crippen LogP contribution is -2.53. The Kier molecular flexibility index (Phi) is 8.23. The van der Waals surface area contributed by atoms with E-state index < -0.39 is 54.7 Å². The Hall–Kier alpha value is -3.63. The normalized spacial score (nSPS) is 12.3. The van der Waals surface area contributed by atoms with Crippen molar-refractivity contribution in [2.45, 2.75) is 31.5 Å². The number of carboxylic acid groups (broad SMARTS) is 1. The highest BCUT2D eigenvalue weighted by Gasteiger charge is 2.29. The molecule has 0 unspecified atom stereocenters. The Morgan fingerprint density at radius 2 is 1.48 bits per heavy atom. The van der Waals surface area contributed by atoms with E-state index in [0.29, 0.717) is 5.56 Å². The van der Waals surface area contributed by atoms with Gasteiger partial charge in [0, 0.05) is 0 Å². The number of aliphatic carboxylic acids is 1. The number of alkyl carbamates (subject to hydrolysis) is 1. The maximum absolute atomic E-state index is 12.2. The van der Waals surface area contributed by atoms with Crippen molar-refractivity contribution in [2.24, 2.45) is 11.5 Å². The molecule has 0 aliphatic rings. The number of benzene rings is 1. The molecule has 0 saturated heterocycles. The number of nitrogens with two attached hydrogens (primary N) is 2. The highest BCUT2D eigenvalue weighted by molar-refractivity contribution is 5.94. The van der Waals surface area contributed by atoms with Crippen molar-refractivity contribution in [3.05, 3.63) is 35.9 Å². The number of primary amides is 2. The van der Waals surface area contributed by atoms with E-state index in [1.54, 1.807) is 30.3 Å². The van der Waals surface area contributed by atoms with Crippen molar-refractivity contribution < 1.29 is 33.8 Å². The SMILES string of the molecule is NC(=O)C[C@H](NC(=O)[C@@H](CC(N)=O)NC(=O)OCc1ccccc1)C(=O)O. The summed E-state index contributed by atoms with van der Waals surface area (Å²) in [5, 5.41) is 13.1. The molecule has 2 atom stereocenters. The highest BCUT2D eigenvalue weighted by atomic mass is 16.5. The summed E-state index contributed by atoms with van der Waals surface area (Å²) in [6.07, 6.45) is -2.28. The smallest absolute Gasteiger partial charge is 0.408 e. The second kappa shape index (κ2) is 10.4. The second-order valence-corrected chi connectivity index (χ2v) is 5.50. The van der Waals surface area contributed by atoms with E-state index in [-0.39, 0.29) is 6.61 Å². The molecule has 0 aromatic heterocycles. The van der Waals surface area contributed by atoms with E-state index in [4.69, 9.17) is 21.3 Å². The monoisotopic (exact) mass is 380 g/mol. The molecule has 0 aliphatic heterocycles. The van der Waals surface area contributed by atoms with Gasteiger partial charge in [-0.1, -0.05) is 30.3 Å².